The number of ether oxygens (including phenoxy) is 2. The fourth-order valence-corrected chi connectivity index (χ4v) is 4.82. The number of rotatable bonds is 8. The standard InChI is InChI=1S/C26H22O4S2/c1-29-23-10-8-18(14-22(23)26(27)28)25-20(12-13-32-25)21-15-19(31-2)9-11-24(21)30-16-17-6-4-3-5-7-17/h3-15H,16H2,1-2H3,(H,27,28). The predicted molar refractivity (Wildman–Crippen MR) is 131 cm³/mol. The normalized spacial score (nSPS) is 10.7. The van der Waals surface area contributed by atoms with Crippen LogP contribution in [0.15, 0.2) is 83.1 Å². The van der Waals surface area contributed by atoms with Crippen LogP contribution in [-0.2, 0) is 6.61 Å². The molecule has 0 aliphatic carbocycles. The van der Waals surface area contributed by atoms with Gasteiger partial charge in [-0.25, -0.2) is 4.79 Å². The first kappa shape index (κ1) is 22.0. The number of aromatic carboxylic acids is 1. The molecule has 0 fully saturated rings. The van der Waals surface area contributed by atoms with Crippen molar-refractivity contribution in [2.24, 2.45) is 0 Å². The van der Waals surface area contributed by atoms with Gasteiger partial charge in [0, 0.05) is 20.9 Å². The summed E-state index contributed by atoms with van der Waals surface area (Å²) in [6, 6.07) is 23.6. The van der Waals surface area contributed by atoms with Gasteiger partial charge in [-0.05, 0) is 65.2 Å². The topological polar surface area (TPSA) is 55.8 Å². The molecule has 3 aromatic carbocycles. The molecule has 162 valence electrons. The molecule has 0 saturated heterocycles. The average Bonchev–Trinajstić information content (AvgIpc) is 3.32. The van der Waals surface area contributed by atoms with Crippen LogP contribution in [0.5, 0.6) is 11.5 Å². The van der Waals surface area contributed by atoms with Gasteiger partial charge in [0.25, 0.3) is 0 Å². The Bertz CT molecular complexity index is 1230. The Morgan fingerprint density at radius 1 is 0.969 bits per heavy atom. The van der Waals surface area contributed by atoms with E-state index in [2.05, 4.69) is 18.2 Å². The van der Waals surface area contributed by atoms with Crippen LogP contribution in [-0.4, -0.2) is 24.4 Å². The second kappa shape index (κ2) is 9.94. The van der Waals surface area contributed by atoms with Crippen molar-refractivity contribution in [2.45, 2.75) is 11.5 Å². The number of carbonyl (C=O) groups is 1. The quantitative estimate of drug-likeness (QED) is 0.283. The molecular weight excluding hydrogens is 440 g/mol. The minimum Gasteiger partial charge on any atom is -0.496 e. The first-order chi connectivity index (χ1) is 15.6. The molecule has 0 aliphatic heterocycles. The van der Waals surface area contributed by atoms with Gasteiger partial charge in [-0.3, -0.25) is 0 Å². The van der Waals surface area contributed by atoms with Crippen LogP contribution in [0.4, 0.5) is 0 Å². The summed E-state index contributed by atoms with van der Waals surface area (Å²) in [4.78, 5) is 13.8. The zero-order valence-corrected chi connectivity index (χ0v) is 19.3. The van der Waals surface area contributed by atoms with Crippen LogP contribution in [0, 0.1) is 0 Å². The second-order valence-corrected chi connectivity index (χ2v) is 8.82. The third kappa shape index (κ3) is 4.66. The van der Waals surface area contributed by atoms with E-state index in [1.807, 2.05) is 54.1 Å². The summed E-state index contributed by atoms with van der Waals surface area (Å²) in [5, 5.41) is 11.6. The van der Waals surface area contributed by atoms with Crippen molar-refractivity contribution in [3.05, 3.63) is 89.3 Å². The molecule has 0 saturated carbocycles. The van der Waals surface area contributed by atoms with Crippen molar-refractivity contribution in [3.63, 3.8) is 0 Å². The Hall–Kier alpha value is -3.22. The van der Waals surface area contributed by atoms with Gasteiger partial charge in [0.15, 0.2) is 0 Å². The Labute approximate surface area is 195 Å². The molecule has 0 amide bonds. The van der Waals surface area contributed by atoms with Crippen molar-refractivity contribution in [1.82, 2.24) is 0 Å². The third-order valence-electron chi connectivity index (χ3n) is 5.07. The van der Waals surface area contributed by atoms with Crippen LogP contribution in [0.2, 0.25) is 0 Å². The number of hydrogen-bond acceptors (Lipinski definition) is 5. The molecular formula is C26H22O4S2. The number of thiophene rings is 1. The maximum absolute atomic E-state index is 11.7. The average molecular weight is 463 g/mol. The highest BCUT2D eigenvalue weighted by atomic mass is 32.2. The van der Waals surface area contributed by atoms with E-state index < -0.39 is 5.97 Å². The van der Waals surface area contributed by atoms with E-state index in [4.69, 9.17) is 9.47 Å². The molecule has 1 N–H and O–H groups in total. The maximum atomic E-state index is 11.7. The molecule has 0 atom stereocenters. The second-order valence-electron chi connectivity index (χ2n) is 7.02. The Balaban J connectivity index is 1.76. The lowest BCUT2D eigenvalue weighted by molar-refractivity contribution is 0.0693. The van der Waals surface area contributed by atoms with Crippen LogP contribution < -0.4 is 9.47 Å². The number of methoxy groups -OCH3 is 1. The summed E-state index contributed by atoms with van der Waals surface area (Å²) < 4.78 is 11.4. The van der Waals surface area contributed by atoms with Crippen LogP contribution in [0.3, 0.4) is 0 Å². The van der Waals surface area contributed by atoms with Crippen LogP contribution >= 0.6 is 23.1 Å². The highest BCUT2D eigenvalue weighted by Crippen LogP contribution is 2.43. The molecule has 1 heterocycles. The number of benzene rings is 3. The molecule has 32 heavy (non-hydrogen) atoms. The number of thioether (sulfide) groups is 1. The summed E-state index contributed by atoms with van der Waals surface area (Å²) in [6.07, 6.45) is 2.04. The molecule has 0 bridgehead atoms. The van der Waals surface area contributed by atoms with Gasteiger partial charge in [-0.15, -0.1) is 23.1 Å². The van der Waals surface area contributed by atoms with E-state index >= 15 is 0 Å². The first-order valence-electron chi connectivity index (χ1n) is 9.95. The summed E-state index contributed by atoms with van der Waals surface area (Å²) in [5.41, 5.74) is 4.06. The highest BCUT2D eigenvalue weighted by molar-refractivity contribution is 7.98. The largest absolute Gasteiger partial charge is 0.496 e. The van der Waals surface area contributed by atoms with Gasteiger partial charge >= 0.3 is 5.97 Å². The van der Waals surface area contributed by atoms with E-state index in [1.165, 1.54) is 7.11 Å². The van der Waals surface area contributed by atoms with Gasteiger partial charge in [-0.2, -0.15) is 0 Å². The van der Waals surface area contributed by atoms with Gasteiger partial charge in [-0.1, -0.05) is 30.3 Å². The molecule has 0 spiro atoms. The Morgan fingerprint density at radius 2 is 1.75 bits per heavy atom. The lowest BCUT2D eigenvalue weighted by Crippen LogP contribution is -2.00. The number of hydrogen-bond donors (Lipinski definition) is 1. The monoisotopic (exact) mass is 462 g/mol. The predicted octanol–water partition coefficient (Wildman–Crippen LogP) is 7.09. The minimum atomic E-state index is -1.02. The molecule has 4 rings (SSSR count). The molecule has 6 heteroatoms. The molecule has 0 unspecified atom stereocenters. The molecule has 4 aromatic rings. The van der Waals surface area contributed by atoms with Crippen molar-refractivity contribution in [3.8, 4) is 33.1 Å². The van der Waals surface area contributed by atoms with Crippen molar-refractivity contribution < 1.29 is 19.4 Å². The van der Waals surface area contributed by atoms with Gasteiger partial charge < -0.3 is 14.6 Å². The summed E-state index contributed by atoms with van der Waals surface area (Å²) in [7, 11) is 1.47. The number of carboxylic acid groups (broad SMARTS) is 1. The maximum Gasteiger partial charge on any atom is 0.339 e. The summed E-state index contributed by atoms with van der Waals surface area (Å²) in [5.74, 6) is 0.118. The zero-order chi connectivity index (χ0) is 22.5. The van der Waals surface area contributed by atoms with Crippen molar-refractivity contribution in [2.75, 3.05) is 13.4 Å². The minimum absolute atomic E-state index is 0.141. The molecule has 0 aliphatic rings. The van der Waals surface area contributed by atoms with Crippen LogP contribution in [0.25, 0.3) is 21.6 Å². The lowest BCUT2D eigenvalue weighted by atomic mass is 10.00. The van der Waals surface area contributed by atoms with E-state index in [1.54, 1.807) is 35.2 Å². The van der Waals surface area contributed by atoms with Crippen LogP contribution in [0.1, 0.15) is 15.9 Å². The van der Waals surface area contributed by atoms with Crippen molar-refractivity contribution in [1.29, 1.82) is 0 Å². The van der Waals surface area contributed by atoms with Gasteiger partial charge in [0.1, 0.15) is 23.7 Å². The first-order valence-corrected chi connectivity index (χ1v) is 12.1. The SMILES string of the molecule is COc1ccc(-c2sccc2-c2cc(SC)ccc2OCc2ccccc2)cc1C(=O)O. The Morgan fingerprint density at radius 3 is 2.47 bits per heavy atom. The Kier molecular flexibility index (Phi) is 6.83. The van der Waals surface area contributed by atoms with E-state index in [0.717, 1.165) is 37.8 Å². The highest BCUT2D eigenvalue weighted by Gasteiger charge is 2.18. The van der Waals surface area contributed by atoms with Crippen molar-refractivity contribution >= 4 is 29.1 Å². The zero-order valence-electron chi connectivity index (χ0n) is 17.7. The van der Waals surface area contributed by atoms with E-state index in [0.29, 0.717) is 12.4 Å². The molecule has 4 nitrogen and oxygen atoms in total. The fourth-order valence-electron chi connectivity index (χ4n) is 3.47. The summed E-state index contributed by atoms with van der Waals surface area (Å²) >= 11 is 3.24. The third-order valence-corrected chi connectivity index (χ3v) is 6.76. The van der Waals surface area contributed by atoms with Gasteiger partial charge in [0.05, 0.1) is 7.11 Å². The van der Waals surface area contributed by atoms with Gasteiger partial charge in [0.2, 0.25) is 0 Å². The molecule has 1 aromatic heterocycles. The number of carboxylic acids is 1. The molecule has 0 radical (unpaired) electrons. The lowest BCUT2D eigenvalue weighted by Gasteiger charge is -2.14. The fraction of sp³-hybridized carbons (Fsp3) is 0.115. The summed E-state index contributed by atoms with van der Waals surface area (Å²) in [6.45, 7) is 0.470. The van der Waals surface area contributed by atoms with E-state index in [-0.39, 0.29) is 5.56 Å². The smallest absolute Gasteiger partial charge is 0.339 e. The van der Waals surface area contributed by atoms with E-state index in [9.17, 15) is 9.90 Å².